The number of halogens is 2. The Labute approximate surface area is 160 Å². The van der Waals surface area contributed by atoms with Gasteiger partial charge in [-0.25, -0.2) is 9.18 Å². The Hall–Kier alpha value is -3.12. The summed E-state index contributed by atoms with van der Waals surface area (Å²) in [6.07, 6.45) is 1.17. The van der Waals surface area contributed by atoms with E-state index in [1.54, 1.807) is 37.3 Å². The molecule has 0 bridgehead atoms. The highest BCUT2D eigenvalue weighted by molar-refractivity contribution is 6.32. The van der Waals surface area contributed by atoms with Gasteiger partial charge in [-0.15, -0.1) is 0 Å². The van der Waals surface area contributed by atoms with Crippen molar-refractivity contribution in [2.75, 3.05) is 7.11 Å². The van der Waals surface area contributed by atoms with Crippen molar-refractivity contribution in [3.8, 4) is 28.5 Å². The molecule has 0 aliphatic rings. The predicted molar refractivity (Wildman–Crippen MR) is 99.4 cm³/mol. The predicted octanol–water partition coefficient (Wildman–Crippen LogP) is 5.35. The van der Waals surface area contributed by atoms with Crippen LogP contribution in [0.25, 0.3) is 11.3 Å². The quantitative estimate of drug-likeness (QED) is 0.639. The van der Waals surface area contributed by atoms with Crippen LogP contribution in [-0.4, -0.2) is 23.2 Å². The zero-order valence-electron chi connectivity index (χ0n) is 14.5. The van der Waals surface area contributed by atoms with E-state index in [-0.39, 0.29) is 27.9 Å². The van der Waals surface area contributed by atoms with E-state index in [9.17, 15) is 14.3 Å². The molecule has 0 spiro atoms. The molecule has 2 aromatic carbocycles. The minimum absolute atomic E-state index is 0.0311. The smallest absolute Gasteiger partial charge is 0.341 e. The van der Waals surface area contributed by atoms with Crippen molar-refractivity contribution in [1.82, 2.24) is 4.98 Å². The molecule has 3 rings (SSSR count). The van der Waals surface area contributed by atoms with Gasteiger partial charge in [0.1, 0.15) is 28.6 Å². The normalized spacial score (nSPS) is 10.5. The molecule has 0 amide bonds. The lowest BCUT2D eigenvalue weighted by Crippen LogP contribution is -2.02. The molecule has 27 heavy (non-hydrogen) atoms. The van der Waals surface area contributed by atoms with E-state index in [1.807, 2.05) is 0 Å². The molecule has 1 aromatic heterocycles. The molecule has 0 fully saturated rings. The van der Waals surface area contributed by atoms with Crippen molar-refractivity contribution in [2.24, 2.45) is 0 Å². The molecule has 0 atom stereocenters. The first-order valence-corrected chi connectivity index (χ1v) is 8.28. The zero-order valence-corrected chi connectivity index (χ0v) is 15.2. The van der Waals surface area contributed by atoms with Gasteiger partial charge in [-0.3, -0.25) is 4.98 Å². The molecule has 0 unspecified atom stereocenters. The number of aromatic nitrogens is 1. The number of nitrogens with zero attached hydrogens (tertiary/aromatic N) is 1. The molecular formula is C20H15ClFNO4. The molecule has 5 nitrogen and oxygen atoms in total. The second-order valence-electron chi connectivity index (χ2n) is 5.73. The number of hydrogen-bond donors (Lipinski definition) is 1. The lowest BCUT2D eigenvalue weighted by Gasteiger charge is -2.13. The number of ether oxygens (including phenoxy) is 2. The van der Waals surface area contributed by atoms with Crippen LogP contribution in [-0.2, 0) is 0 Å². The van der Waals surface area contributed by atoms with Gasteiger partial charge in [0.2, 0.25) is 0 Å². The van der Waals surface area contributed by atoms with E-state index in [0.717, 1.165) is 0 Å². The number of carboxylic acid groups (broad SMARTS) is 1. The van der Waals surface area contributed by atoms with E-state index in [2.05, 4.69) is 4.98 Å². The monoisotopic (exact) mass is 387 g/mol. The third-order valence-corrected chi connectivity index (χ3v) is 4.23. The van der Waals surface area contributed by atoms with Crippen molar-refractivity contribution >= 4 is 17.6 Å². The van der Waals surface area contributed by atoms with E-state index in [1.165, 1.54) is 25.4 Å². The summed E-state index contributed by atoms with van der Waals surface area (Å²) in [5.74, 6) is -0.830. The Kier molecular flexibility index (Phi) is 5.28. The Bertz CT molecular complexity index is 1020. The Morgan fingerprint density at radius 2 is 1.93 bits per heavy atom. The van der Waals surface area contributed by atoms with Gasteiger partial charge in [0.05, 0.1) is 17.8 Å². The summed E-state index contributed by atoms with van der Waals surface area (Å²) in [5, 5.41) is 9.70. The number of carboxylic acids is 1. The Morgan fingerprint density at radius 1 is 1.15 bits per heavy atom. The summed E-state index contributed by atoms with van der Waals surface area (Å²) in [5.41, 5.74) is 1.22. The summed E-state index contributed by atoms with van der Waals surface area (Å²) in [6, 6.07) is 10.9. The summed E-state index contributed by atoms with van der Waals surface area (Å²) in [4.78, 5) is 15.6. The first-order valence-electron chi connectivity index (χ1n) is 7.90. The minimum Gasteiger partial charge on any atom is -0.497 e. The van der Waals surface area contributed by atoms with Crippen LogP contribution < -0.4 is 9.47 Å². The van der Waals surface area contributed by atoms with Gasteiger partial charge >= 0.3 is 5.97 Å². The Morgan fingerprint density at radius 3 is 2.59 bits per heavy atom. The first kappa shape index (κ1) is 18.7. The van der Waals surface area contributed by atoms with E-state index < -0.39 is 5.97 Å². The minimum atomic E-state index is -1.21. The largest absolute Gasteiger partial charge is 0.497 e. The summed E-state index contributed by atoms with van der Waals surface area (Å²) < 4.78 is 24.7. The second-order valence-corrected chi connectivity index (χ2v) is 6.14. The summed E-state index contributed by atoms with van der Waals surface area (Å²) >= 11 is 6.14. The molecule has 0 saturated heterocycles. The van der Waals surface area contributed by atoms with Gasteiger partial charge in [-0.2, -0.15) is 0 Å². The van der Waals surface area contributed by atoms with Crippen molar-refractivity contribution in [3.63, 3.8) is 0 Å². The average Bonchev–Trinajstić information content (AvgIpc) is 2.65. The van der Waals surface area contributed by atoms with Crippen LogP contribution in [0.1, 0.15) is 15.9 Å². The lowest BCUT2D eigenvalue weighted by atomic mass is 10.1. The van der Waals surface area contributed by atoms with Crippen LogP contribution in [0.2, 0.25) is 5.02 Å². The highest BCUT2D eigenvalue weighted by Gasteiger charge is 2.17. The number of hydrogen-bond acceptors (Lipinski definition) is 4. The van der Waals surface area contributed by atoms with Crippen molar-refractivity contribution in [1.29, 1.82) is 0 Å². The number of pyridine rings is 1. The highest BCUT2D eigenvalue weighted by Crippen LogP contribution is 2.35. The highest BCUT2D eigenvalue weighted by atomic mass is 35.5. The van der Waals surface area contributed by atoms with E-state index in [4.69, 9.17) is 21.1 Å². The molecule has 0 saturated carbocycles. The van der Waals surface area contributed by atoms with Crippen LogP contribution in [0.5, 0.6) is 17.2 Å². The maximum absolute atomic E-state index is 13.9. The molecule has 1 heterocycles. The molecule has 7 heteroatoms. The Balaban J connectivity index is 2.07. The zero-order chi connectivity index (χ0) is 19.6. The van der Waals surface area contributed by atoms with E-state index in [0.29, 0.717) is 22.6 Å². The van der Waals surface area contributed by atoms with Crippen LogP contribution in [0.15, 0.2) is 48.7 Å². The van der Waals surface area contributed by atoms with Crippen LogP contribution in [0.3, 0.4) is 0 Å². The second kappa shape index (κ2) is 7.63. The SMILES string of the molecule is COc1ccc(Cl)c(Oc2cc(-c3ccc(C)c(F)c3)ncc2C(=O)O)c1. The van der Waals surface area contributed by atoms with Crippen molar-refractivity contribution in [3.05, 3.63) is 70.6 Å². The fourth-order valence-corrected chi connectivity index (χ4v) is 2.56. The molecule has 0 radical (unpaired) electrons. The molecule has 138 valence electrons. The maximum atomic E-state index is 13.9. The fraction of sp³-hybridized carbons (Fsp3) is 0.100. The van der Waals surface area contributed by atoms with Gasteiger partial charge in [-0.05, 0) is 30.7 Å². The number of benzene rings is 2. The van der Waals surface area contributed by atoms with Gasteiger partial charge in [0, 0.05) is 23.9 Å². The van der Waals surface area contributed by atoms with Crippen LogP contribution in [0, 0.1) is 12.7 Å². The number of aromatic carboxylic acids is 1. The maximum Gasteiger partial charge on any atom is 0.341 e. The van der Waals surface area contributed by atoms with Crippen molar-refractivity contribution in [2.45, 2.75) is 6.92 Å². The van der Waals surface area contributed by atoms with Gasteiger partial charge in [0.25, 0.3) is 0 Å². The van der Waals surface area contributed by atoms with Crippen LogP contribution in [0.4, 0.5) is 4.39 Å². The number of carbonyl (C=O) groups is 1. The average molecular weight is 388 g/mol. The lowest BCUT2D eigenvalue weighted by molar-refractivity contribution is 0.0693. The molecule has 0 aliphatic carbocycles. The molecule has 1 N–H and O–H groups in total. The third-order valence-electron chi connectivity index (χ3n) is 3.92. The van der Waals surface area contributed by atoms with Gasteiger partial charge < -0.3 is 14.6 Å². The fourth-order valence-electron chi connectivity index (χ4n) is 2.40. The molecule has 0 aliphatic heterocycles. The number of rotatable bonds is 5. The third kappa shape index (κ3) is 4.01. The van der Waals surface area contributed by atoms with Crippen LogP contribution >= 0.6 is 11.6 Å². The molecular weight excluding hydrogens is 373 g/mol. The number of methoxy groups -OCH3 is 1. The van der Waals surface area contributed by atoms with Crippen molar-refractivity contribution < 1.29 is 23.8 Å². The standard InChI is InChI=1S/C20H15ClFNO4/c1-11-3-4-12(7-16(11)22)17-9-18(14(10-23-17)20(24)25)27-19-8-13(26-2)5-6-15(19)21/h3-10H,1-2H3,(H,24,25). The number of aryl methyl sites for hydroxylation is 1. The first-order chi connectivity index (χ1) is 12.9. The topological polar surface area (TPSA) is 68.7 Å². The summed E-state index contributed by atoms with van der Waals surface area (Å²) in [7, 11) is 1.49. The van der Waals surface area contributed by atoms with Gasteiger partial charge in [0.15, 0.2) is 0 Å². The summed E-state index contributed by atoms with van der Waals surface area (Å²) in [6.45, 7) is 1.65. The van der Waals surface area contributed by atoms with Gasteiger partial charge in [-0.1, -0.05) is 23.7 Å². The van der Waals surface area contributed by atoms with E-state index >= 15 is 0 Å². The molecule has 3 aromatic rings.